The van der Waals surface area contributed by atoms with Gasteiger partial charge < -0.3 is 43.6 Å². The molecule has 1 heterocycles. The van der Waals surface area contributed by atoms with Crippen LogP contribution in [0.15, 0.2) is 30.3 Å². The number of carboxylic acid groups (broad SMARTS) is 1. The Morgan fingerprint density at radius 3 is 2.16 bits per heavy atom. The van der Waals surface area contributed by atoms with Gasteiger partial charge in [0.25, 0.3) is 5.92 Å². The number of methoxy groups -OCH3 is 1. The lowest BCUT2D eigenvalue weighted by molar-refractivity contribution is -0.314. The molecule has 0 bridgehead atoms. The third-order valence-electron chi connectivity index (χ3n) is 7.25. The SMILES string of the molecule is CCCCOC[C@H]1O[C@H](C(F)(F)C[C@@H](NC(=O)OCc2ccccc2)C(=O)O)[C@H](OCOC)[C@@H](OCCCC)[C@H]1OCCCC. The summed E-state index contributed by atoms with van der Waals surface area (Å²) in [7, 11) is 1.36. The zero-order valence-corrected chi connectivity index (χ0v) is 26.9. The fourth-order valence-corrected chi connectivity index (χ4v) is 4.78. The summed E-state index contributed by atoms with van der Waals surface area (Å²) in [5, 5.41) is 11.8. The number of amides is 1. The van der Waals surface area contributed by atoms with Crippen LogP contribution in [0.2, 0.25) is 0 Å². The van der Waals surface area contributed by atoms with E-state index in [1.54, 1.807) is 30.3 Å². The molecule has 6 atom stereocenters. The Labute approximate surface area is 265 Å². The van der Waals surface area contributed by atoms with Gasteiger partial charge in [-0.1, -0.05) is 70.4 Å². The second-order valence-corrected chi connectivity index (χ2v) is 11.0. The molecule has 11 nitrogen and oxygen atoms in total. The zero-order valence-electron chi connectivity index (χ0n) is 26.9. The molecule has 1 fully saturated rings. The number of rotatable bonds is 23. The van der Waals surface area contributed by atoms with Crippen LogP contribution < -0.4 is 5.32 Å². The van der Waals surface area contributed by atoms with E-state index in [1.165, 1.54) is 7.11 Å². The highest BCUT2D eigenvalue weighted by atomic mass is 19.3. The smallest absolute Gasteiger partial charge is 0.408 e. The van der Waals surface area contributed by atoms with E-state index in [2.05, 4.69) is 5.32 Å². The van der Waals surface area contributed by atoms with Crippen LogP contribution in [0.1, 0.15) is 71.3 Å². The molecule has 0 radical (unpaired) electrons. The maximum Gasteiger partial charge on any atom is 0.408 e. The van der Waals surface area contributed by atoms with Gasteiger partial charge in [0, 0.05) is 33.4 Å². The number of nitrogens with one attached hydrogen (secondary N) is 1. The highest BCUT2D eigenvalue weighted by Crippen LogP contribution is 2.39. The van der Waals surface area contributed by atoms with Crippen LogP contribution in [0.25, 0.3) is 0 Å². The molecule has 0 aliphatic carbocycles. The minimum Gasteiger partial charge on any atom is -0.480 e. The number of alkyl halides is 2. The summed E-state index contributed by atoms with van der Waals surface area (Å²) in [4.78, 5) is 24.5. The molecular weight excluding hydrogens is 596 g/mol. The Bertz CT molecular complexity index is 957. The van der Waals surface area contributed by atoms with Crippen molar-refractivity contribution in [3.8, 4) is 0 Å². The maximum absolute atomic E-state index is 16.3. The number of halogens is 2. The van der Waals surface area contributed by atoms with E-state index in [4.69, 9.17) is 33.2 Å². The molecule has 0 aromatic heterocycles. The van der Waals surface area contributed by atoms with Crippen molar-refractivity contribution in [2.75, 3.05) is 40.3 Å². The molecule has 1 amide bonds. The first-order chi connectivity index (χ1) is 21.7. The standard InChI is InChI=1S/C32H51F2NO10/c1-5-8-16-40-21-25-26(41-17-9-6-2)27(42-18-10-7-3)28(44-22-39-4)29(45-25)32(33,34)19-24(30(36)37)35-31(38)43-20-23-14-12-11-13-15-23/h11-15,24-29H,5-10,16-22H2,1-4H3,(H,35,38)(H,36,37)/t24-,25-,26+,27+,28-,29+/m1/s1. The highest BCUT2D eigenvalue weighted by molar-refractivity contribution is 5.80. The number of ether oxygens (including phenoxy) is 7. The molecule has 1 aromatic rings. The van der Waals surface area contributed by atoms with Gasteiger partial charge >= 0.3 is 12.1 Å². The lowest BCUT2D eigenvalue weighted by Crippen LogP contribution is -2.66. The lowest BCUT2D eigenvalue weighted by atomic mass is 9.88. The maximum atomic E-state index is 16.3. The van der Waals surface area contributed by atoms with Crippen LogP contribution in [0.4, 0.5) is 13.6 Å². The summed E-state index contributed by atoms with van der Waals surface area (Å²) >= 11 is 0. The summed E-state index contributed by atoms with van der Waals surface area (Å²) in [6.07, 6.45) is -3.85. The second kappa shape index (κ2) is 21.4. The average Bonchev–Trinajstić information content (AvgIpc) is 3.02. The van der Waals surface area contributed by atoms with E-state index < -0.39 is 61.0 Å². The Hall–Kier alpha value is -2.42. The molecule has 0 spiro atoms. The number of carboxylic acids is 1. The minimum atomic E-state index is -3.82. The topological polar surface area (TPSA) is 131 Å². The molecule has 13 heteroatoms. The van der Waals surface area contributed by atoms with Crippen LogP contribution in [-0.2, 0) is 44.6 Å². The first-order valence-electron chi connectivity index (χ1n) is 15.8. The number of hydrogen-bond acceptors (Lipinski definition) is 9. The molecule has 1 aromatic carbocycles. The Morgan fingerprint density at radius 2 is 1.56 bits per heavy atom. The van der Waals surface area contributed by atoms with E-state index in [0.29, 0.717) is 25.2 Å². The number of aliphatic carboxylic acids is 1. The Kier molecular flexibility index (Phi) is 18.4. The summed E-state index contributed by atoms with van der Waals surface area (Å²) in [5.41, 5.74) is 0.649. The van der Waals surface area contributed by atoms with E-state index in [9.17, 15) is 14.7 Å². The van der Waals surface area contributed by atoms with Crippen LogP contribution in [0, 0.1) is 0 Å². The van der Waals surface area contributed by atoms with Crippen molar-refractivity contribution in [2.45, 2.75) is 115 Å². The molecule has 2 N–H and O–H groups in total. The fourth-order valence-electron chi connectivity index (χ4n) is 4.78. The average molecular weight is 648 g/mol. The monoisotopic (exact) mass is 647 g/mol. The number of hydrogen-bond donors (Lipinski definition) is 2. The molecule has 0 saturated carbocycles. The van der Waals surface area contributed by atoms with Crippen molar-refractivity contribution >= 4 is 12.1 Å². The minimum absolute atomic E-state index is 0.0412. The Morgan fingerprint density at radius 1 is 0.933 bits per heavy atom. The molecule has 0 unspecified atom stereocenters. The molecule has 1 aliphatic rings. The number of alkyl carbamates (subject to hydrolysis) is 1. The van der Waals surface area contributed by atoms with E-state index in [0.717, 1.165) is 32.1 Å². The quantitative estimate of drug-likeness (QED) is 0.119. The van der Waals surface area contributed by atoms with Crippen LogP contribution in [-0.4, -0.2) is 100.0 Å². The molecule has 1 saturated heterocycles. The van der Waals surface area contributed by atoms with E-state index in [1.807, 2.05) is 20.8 Å². The number of carbonyl (C=O) groups excluding carboxylic acids is 1. The van der Waals surface area contributed by atoms with Crippen LogP contribution in [0.3, 0.4) is 0 Å². The third-order valence-corrected chi connectivity index (χ3v) is 7.25. The van der Waals surface area contributed by atoms with Crippen molar-refractivity contribution < 1.29 is 56.6 Å². The number of benzene rings is 1. The second-order valence-electron chi connectivity index (χ2n) is 11.0. The third kappa shape index (κ3) is 13.5. The lowest BCUT2D eigenvalue weighted by Gasteiger charge is -2.48. The van der Waals surface area contributed by atoms with Gasteiger partial charge in [-0.3, -0.25) is 0 Å². The van der Waals surface area contributed by atoms with Gasteiger partial charge in [-0.05, 0) is 24.8 Å². The first-order valence-corrected chi connectivity index (χ1v) is 15.8. The van der Waals surface area contributed by atoms with Gasteiger partial charge in [0.1, 0.15) is 43.9 Å². The summed E-state index contributed by atoms with van der Waals surface area (Å²) in [6, 6.07) is 6.68. The van der Waals surface area contributed by atoms with Crippen molar-refractivity contribution in [3.63, 3.8) is 0 Å². The van der Waals surface area contributed by atoms with Gasteiger partial charge in [0.05, 0.1) is 6.61 Å². The largest absolute Gasteiger partial charge is 0.480 e. The first kappa shape index (κ1) is 38.8. The van der Waals surface area contributed by atoms with E-state index >= 15 is 8.78 Å². The van der Waals surface area contributed by atoms with Crippen molar-refractivity contribution in [2.24, 2.45) is 0 Å². The molecular formula is C32H51F2NO10. The Balaban J connectivity index is 2.34. The molecule has 258 valence electrons. The van der Waals surface area contributed by atoms with Crippen LogP contribution >= 0.6 is 0 Å². The normalized spacial score (nSPS) is 22.6. The van der Waals surface area contributed by atoms with Gasteiger partial charge in [0.2, 0.25) is 0 Å². The van der Waals surface area contributed by atoms with Crippen LogP contribution in [0.5, 0.6) is 0 Å². The summed E-state index contributed by atoms with van der Waals surface area (Å²) < 4.78 is 72.6. The molecule has 45 heavy (non-hydrogen) atoms. The molecule has 2 rings (SSSR count). The van der Waals surface area contributed by atoms with E-state index in [-0.39, 0.29) is 26.6 Å². The van der Waals surface area contributed by atoms with Gasteiger partial charge in [-0.25, -0.2) is 18.4 Å². The van der Waals surface area contributed by atoms with Crippen molar-refractivity contribution in [1.82, 2.24) is 5.32 Å². The zero-order chi connectivity index (χ0) is 33.1. The highest BCUT2D eigenvalue weighted by Gasteiger charge is 2.58. The predicted molar refractivity (Wildman–Crippen MR) is 161 cm³/mol. The summed E-state index contributed by atoms with van der Waals surface area (Å²) in [6.45, 7) is 6.45. The van der Waals surface area contributed by atoms with Crippen molar-refractivity contribution in [1.29, 1.82) is 0 Å². The fraction of sp³-hybridized carbons (Fsp3) is 0.750. The van der Waals surface area contributed by atoms with Gasteiger partial charge in [-0.2, -0.15) is 0 Å². The predicted octanol–water partition coefficient (Wildman–Crippen LogP) is 5.34. The van der Waals surface area contributed by atoms with Crippen molar-refractivity contribution in [3.05, 3.63) is 35.9 Å². The summed E-state index contributed by atoms with van der Waals surface area (Å²) in [5.74, 6) is -5.48. The molecule has 1 aliphatic heterocycles. The van der Waals surface area contributed by atoms with Gasteiger partial charge in [-0.15, -0.1) is 0 Å². The number of unbranched alkanes of at least 4 members (excludes halogenated alkanes) is 3. The van der Waals surface area contributed by atoms with Gasteiger partial charge in [0.15, 0.2) is 6.10 Å². The number of carbonyl (C=O) groups is 2.